The molecule has 5 nitrogen and oxygen atoms in total. The van der Waals surface area contributed by atoms with E-state index in [2.05, 4.69) is 15.6 Å². The van der Waals surface area contributed by atoms with Crippen LogP contribution in [0.4, 0.5) is 4.39 Å². The molecule has 2 aromatic rings. The third kappa shape index (κ3) is 3.11. The maximum absolute atomic E-state index is 13.2. The molecule has 0 radical (unpaired) electrons. The average molecular weight is 333 g/mol. The third-order valence-corrected chi connectivity index (χ3v) is 5.19. The summed E-state index contributed by atoms with van der Waals surface area (Å²) < 4.78 is 18.7. The molecular weight excluding hydrogens is 317 g/mol. The number of hydrogen-bond acceptors (Lipinski definition) is 5. The van der Waals surface area contributed by atoms with Gasteiger partial charge in [0.1, 0.15) is 5.82 Å². The fourth-order valence-corrected chi connectivity index (χ4v) is 4.05. The van der Waals surface area contributed by atoms with Gasteiger partial charge in [0.25, 0.3) is 5.89 Å². The first kappa shape index (κ1) is 14.7. The van der Waals surface area contributed by atoms with Gasteiger partial charge >= 0.3 is 5.91 Å². The van der Waals surface area contributed by atoms with Crippen molar-refractivity contribution in [2.24, 2.45) is 0 Å². The van der Waals surface area contributed by atoms with Crippen molar-refractivity contribution in [2.45, 2.75) is 47.4 Å². The van der Waals surface area contributed by atoms with Crippen LogP contribution in [0, 0.1) is 5.82 Å². The number of nitrogens with one attached hydrogen (secondary N) is 2. The Labute approximate surface area is 137 Å². The van der Waals surface area contributed by atoms with Gasteiger partial charge in [-0.1, -0.05) is 17.8 Å². The maximum Gasteiger partial charge on any atom is 0.307 e. The zero-order valence-corrected chi connectivity index (χ0v) is 13.1. The summed E-state index contributed by atoms with van der Waals surface area (Å²) in [6.45, 7) is 0. The van der Waals surface area contributed by atoms with Crippen molar-refractivity contribution in [3.63, 3.8) is 0 Å². The van der Waals surface area contributed by atoms with E-state index in [4.69, 9.17) is 4.42 Å². The number of amides is 1. The number of hydrogen-bond donors (Lipinski definition) is 2. The van der Waals surface area contributed by atoms with Gasteiger partial charge in [0, 0.05) is 23.0 Å². The van der Waals surface area contributed by atoms with Crippen molar-refractivity contribution in [1.82, 2.24) is 15.6 Å². The van der Waals surface area contributed by atoms with E-state index in [1.165, 1.54) is 36.5 Å². The number of carbonyl (C=O) groups excluding carboxylic acids is 1. The Balaban J connectivity index is 1.40. The van der Waals surface area contributed by atoms with Crippen LogP contribution < -0.4 is 10.6 Å². The van der Waals surface area contributed by atoms with Gasteiger partial charge in [-0.05, 0) is 37.5 Å². The predicted octanol–water partition coefficient (Wildman–Crippen LogP) is 2.59. The minimum Gasteiger partial charge on any atom is -0.425 e. The summed E-state index contributed by atoms with van der Waals surface area (Å²) in [7, 11) is 0. The minimum absolute atomic E-state index is 0.0478. The number of oxazole rings is 1. The van der Waals surface area contributed by atoms with Gasteiger partial charge < -0.3 is 15.1 Å². The topological polar surface area (TPSA) is 67.2 Å². The van der Waals surface area contributed by atoms with Crippen LogP contribution in [0.1, 0.15) is 29.9 Å². The molecule has 1 aromatic heterocycles. The van der Waals surface area contributed by atoms with E-state index < -0.39 is 0 Å². The number of aromatic nitrogens is 1. The summed E-state index contributed by atoms with van der Waals surface area (Å²) in [5, 5.41) is 6.92. The number of benzene rings is 1. The van der Waals surface area contributed by atoms with Crippen molar-refractivity contribution in [3.8, 4) is 0 Å². The lowest BCUT2D eigenvalue weighted by Gasteiger charge is -2.20. The fourth-order valence-electron chi connectivity index (χ4n) is 3.27. The second-order valence-corrected chi connectivity index (χ2v) is 6.98. The van der Waals surface area contributed by atoms with Gasteiger partial charge in [-0.25, -0.2) is 9.37 Å². The second kappa shape index (κ2) is 5.98. The average Bonchev–Trinajstić information content (AvgIpc) is 3.23. The number of carbonyl (C=O) groups is 1. The molecule has 0 saturated carbocycles. The van der Waals surface area contributed by atoms with E-state index in [1.54, 1.807) is 12.1 Å². The molecule has 3 atom stereocenters. The molecule has 0 aliphatic carbocycles. The van der Waals surface area contributed by atoms with Crippen LogP contribution in [0.5, 0.6) is 0 Å². The number of halogens is 1. The predicted molar refractivity (Wildman–Crippen MR) is 82.8 cm³/mol. The Hall–Kier alpha value is -1.86. The van der Waals surface area contributed by atoms with E-state index in [0.29, 0.717) is 22.1 Å². The van der Waals surface area contributed by atoms with Gasteiger partial charge in [0.2, 0.25) is 0 Å². The maximum atomic E-state index is 13.2. The molecule has 2 aliphatic heterocycles. The van der Waals surface area contributed by atoms with Gasteiger partial charge in [0.15, 0.2) is 5.09 Å². The van der Waals surface area contributed by atoms with Crippen LogP contribution in [0.2, 0.25) is 0 Å². The molecule has 1 aromatic carbocycles. The summed E-state index contributed by atoms with van der Waals surface area (Å²) in [5.41, 5.74) is 0. The molecule has 1 amide bonds. The normalized spacial score (nSPS) is 25.7. The highest BCUT2D eigenvalue weighted by Crippen LogP contribution is 2.30. The quantitative estimate of drug-likeness (QED) is 0.900. The van der Waals surface area contributed by atoms with Crippen molar-refractivity contribution in [1.29, 1.82) is 0 Å². The third-order valence-electron chi connectivity index (χ3n) is 4.31. The van der Waals surface area contributed by atoms with E-state index >= 15 is 0 Å². The van der Waals surface area contributed by atoms with Gasteiger partial charge in [-0.2, -0.15) is 0 Å². The molecule has 2 fully saturated rings. The van der Waals surface area contributed by atoms with Gasteiger partial charge in [-0.15, -0.1) is 0 Å². The first-order valence-corrected chi connectivity index (χ1v) is 8.45. The van der Waals surface area contributed by atoms with Crippen molar-refractivity contribution < 1.29 is 13.6 Å². The smallest absolute Gasteiger partial charge is 0.307 e. The first-order valence-electron chi connectivity index (χ1n) is 7.63. The van der Waals surface area contributed by atoms with Crippen LogP contribution in [0.25, 0.3) is 0 Å². The molecule has 2 saturated heterocycles. The molecule has 0 unspecified atom stereocenters. The zero-order valence-electron chi connectivity index (χ0n) is 12.3. The van der Waals surface area contributed by atoms with Crippen LogP contribution >= 0.6 is 11.8 Å². The SMILES string of the molecule is O=C(N[C@@H]1C[C@H]2CC[C@@H]1N2)c1ncc(Sc2cccc(F)c2)o1. The number of rotatable bonds is 4. The first-order chi connectivity index (χ1) is 11.2. The van der Waals surface area contributed by atoms with E-state index in [1.807, 2.05) is 0 Å². The van der Waals surface area contributed by atoms with Crippen molar-refractivity contribution >= 4 is 17.7 Å². The Kier molecular flexibility index (Phi) is 3.82. The monoisotopic (exact) mass is 333 g/mol. The molecule has 3 heterocycles. The summed E-state index contributed by atoms with van der Waals surface area (Å²) in [5.74, 6) is -0.557. The highest BCUT2D eigenvalue weighted by atomic mass is 32.2. The van der Waals surface area contributed by atoms with E-state index in [-0.39, 0.29) is 23.7 Å². The van der Waals surface area contributed by atoms with Crippen LogP contribution in [-0.2, 0) is 0 Å². The molecule has 2 N–H and O–H groups in total. The molecular formula is C16H16FN3O2S. The standard InChI is InChI=1S/C16H16FN3O2S/c17-9-2-1-3-11(6-9)23-14-8-18-16(22-14)15(21)20-13-7-10-4-5-12(13)19-10/h1-3,6,8,10,12-13,19H,4-5,7H2,(H,20,21)/t10-,12+,13-/m1/s1. The van der Waals surface area contributed by atoms with E-state index in [0.717, 1.165) is 12.8 Å². The molecule has 7 heteroatoms. The summed E-state index contributed by atoms with van der Waals surface area (Å²) in [4.78, 5) is 17.0. The van der Waals surface area contributed by atoms with E-state index in [9.17, 15) is 9.18 Å². The van der Waals surface area contributed by atoms with Crippen molar-refractivity contribution in [3.05, 3.63) is 42.2 Å². The highest BCUT2D eigenvalue weighted by Gasteiger charge is 2.40. The molecule has 2 aliphatic rings. The summed E-state index contributed by atoms with van der Waals surface area (Å²) in [6, 6.07) is 7.22. The van der Waals surface area contributed by atoms with Gasteiger partial charge in [-0.3, -0.25) is 4.79 Å². The molecule has 2 bridgehead atoms. The lowest BCUT2D eigenvalue weighted by molar-refractivity contribution is 0.0890. The Morgan fingerprint density at radius 3 is 3.09 bits per heavy atom. The van der Waals surface area contributed by atoms with Crippen LogP contribution in [-0.4, -0.2) is 29.0 Å². The van der Waals surface area contributed by atoms with Crippen LogP contribution in [0.15, 0.2) is 44.9 Å². The number of nitrogens with zero attached hydrogens (tertiary/aromatic N) is 1. The summed E-state index contributed by atoms with van der Waals surface area (Å²) in [6.07, 6.45) is 4.73. The minimum atomic E-state index is -0.309. The largest absolute Gasteiger partial charge is 0.425 e. The molecule has 4 rings (SSSR count). The number of fused-ring (bicyclic) bond motifs is 2. The van der Waals surface area contributed by atoms with Gasteiger partial charge in [0.05, 0.1) is 6.20 Å². The Morgan fingerprint density at radius 2 is 2.35 bits per heavy atom. The summed E-state index contributed by atoms with van der Waals surface area (Å²) >= 11 is 1.23. The molecule has 23 heavy (non-hydrogen) atoms. The Morgan fingerprint density at radius 1 is 1.43 bits per heavy atom. The van der Waals surface area contributed by atoms with Crippen LogP contribution in [0.3, 0.4) is 0 Å². The lowest BCUT2D eigenvalue weighted by Crippen LogP contribution is -2.43. The highest BCUT2D eigenvalue weighted by molar-refractivity contribution is 7.99. The Bertz CT molecular complexity index is 736. The molecule has 0 spiro atoms. The van der Waals surface area contributed by atoms with Crippen molar-refractivity contribution in [2.75, 3.05) is 0 Å². The molecule has 120 valence electrons. The lowest BCUT2D eigenvalue weighted by atomic mass is 9.95. The zero-order chi connectivity index (χ0) is 15.8. The fraction of sp³-hybridized carbons (Fsp3) is 0.375. The second-order valence-electron chi connectivity index (χ2n) is 5.91.